The van der Waals surface area contributed by atoms with Gasteiger partial charge in [0.1, 0.15) is 11.7 Å². The number of ketones is 2. The van der Waals surface area contributed by atoms with Gasteiger partial charge in [-0.1, -0.05) is 33.8 Å². The maximum atomic E-state index is 12.8. The zero-order chi connectivity index (χ0) is 16.0. The highest BCUT2D eigenvalue weighted by atomic mass is 16.6. The Morgan fingerprint density at radius 3 is 2.10 bits per heavy atom. The van der Waals surface area contributed by atoms with Crippen molar-refractivity contribution in [1.29, 1.82) is 0 Å². The number of rotatable bonds is 2. The number of hydrogen-bond acceptors (Lipinski definition) is 4. The summed E-state index contributed by atoms with van der Waals surface area (Å²) < 4.78 is 0. The van der Waals surface area contributed by atoms with Crippen LogP contribution in [0.3, 0.4) is 0 Å². The topological polar surface area (TPSA) is 69.4 Å². The fourth-order valence-electron chi connectivity index (χ4n) is 3.46. The maximum absolute atomic E-state index is 12.8. The lowest BCUT2D eigenvalue weighted by atomic mass is 9.58. The number of aryl methyl sites for hydroxylation is 1. The number of carbonyl (C=O) groups excluding carboxylic acids is 2. The molecule has 0 radical (unpaired) electrons. The van der Waals surface area contributed by atoms with Gasteiger partial charge >= 0.3 is 0 Å². The minimum Gasteiger partial charge on any atom is -0.412 e. The van der Waals surface area contributed by atoms with Gasteiger partial charge in [0.2, 0.25) is 0 Å². The summed E-state index contributed by atoms with van der Waals surface area (Å²) >= 11 is 0. The Labute approximate surface area is 125 Å². The first-order chi connectivity index (χ1) is 9.60. The van der Waals surface area contributed by atoms with Crippen LogP contribution in [0.5, 0.6) is 5.75 Å². The van der Waals surface area contributed by atoms with E-state index in [1.807, 2.05) is 40.7 Å². The number of carbonyl (C=O) groups is 2. The van der Waals surface area contributed by atoms with E-state index in [0.717, 1.165) is 5.56 Å². The Morgan fingerprint density at radius 1 is 1.10 bits per heavy atom. The van der Waals surface area contributed by atoms with Crippen molar-refractivity contribution in [2.45, 2.75) is 47.0 Å². The first-order valence-corrected chi connectivity index (χ1v) is 7.16. The summed E-state index contributed by atoms with van der Waals surface area (Å²) in [4.78, 5) is 30.4. The van der Waals surface area contributed by atoms with Crippen LogP contribution in [0.15, 0.2) is 18.2 Å². The third-order valence-corrected chi connectivity index (χ3v) is 4.44. The second-order valence-electron chi connectivity index (χ2n) is 7.24. The van der Waals surface area contributed by atoms with Crippen molar-refractivity contribution in [2.75, 3.05) is 0 Å². The van der Waals surface area contributed by atoms with E-state index in [-0.39, 0.29) is 11.6 Å². The van der Waals surface area contributed by atoms with Gasteiger partial charge in [-0.2, -0.15) is 5.90 Å². The van der Waals surface area contributed by atoms with Crippen molar-refractivity contribution in [1.82, 2.24) is 0 Å². The molecule has 1 fully saturated rings. The molecule has 1 aliphatic carbocycles. The molecular weight excluding hydrogens is 266 g/mol. The van der Waals surface area contributed by atoms with Crippen LogP contribution >= 0.6 is 0 Å². The van der Waals surface area contributed by atoms with E-state index in [1.165, 1.54) is 0 Å². The van der Waals surface area contributed by atoms with Gasteiger partial charge in [0.25, 0.3) is 0 Å². The van der Waals surface area contributed by atoms with E-state index >= 15 is 0 Å². The first kappa shape index (κ1) is 15.7. The summed E-state index contributed by atoms with van der Waals surface area (Å²) in [5.41, 5.74) is 0.562. The predicted molar refractivity (Wildman–Crippen MR) is 80.9 cm³/mol. The number of nitrogens with two attached hydrogens (primary N) is 1. The molecule has 0 amide bonds. The summed E-state index contributed by atoms with van der Waals surface area (Å²) in [6, 6.07) is 5.26. The van der Waals surface area contributed by atoms with E-state index in [4.69, 9.17) is 10.7 Å². The van der Waals surface area contributed by atoms with E-state index in [2.05, 4.69) is 0 Å². The third-order valence-electron chi connectivity index (χ3n) is 4.44. The van der Waals surface area contributed by atoms with Gasteiger partial charge in [0.05, 0.1) is 0 Å². The fraction of sp³-hybridized carbons (Fsp3) is 0.529. The molecule has 0 unspecified atom stereocenters. The van der Waals surface area contributed by atoms with Crippen molar-refractivity contribution in [3.05, 3.63) is 29.3 Å². The molecule has 0 aromatic heterocycles. The van der Waals surface area contributed by atoms with Gasteiger partial charge in [0.15, 0.2) is 11.6 Å². The highest BCUT2D eigenvalue weighted by Crippen LogP contribution is 2.47. The molecule has 0 aliphatic heterocycles. The van der Waals surface area contributed by atoms with Crippen LogP contribution in [0, 0.1) is 17.8 Å². The van der Waals surface area contributed by atoms with Gasteiger partial charge in [-0.3, -0.25) is 9.59 Å². The van der Waals surface area contributed by atoms with Crippen molar-refractivity contribution < 1.29 is 14.4 Å². The molecule has 1 saturated carbocycles. The normalized spacial score (nSPS) is 21.4. The molecule has 0 heterocycles. The Kier molecular flexibility index (Phi) is 3.70. The molecule has 1 aromatic carbocycles. The maximum Gasteiger partial charge on any atom is 0.153 e. The van der Waals surface area contributed by atoms with Gasteiger partial charge in [-0.25, -0.2) is 0 Å². The summed E-state index contributed by atoms with van der Waals surface area (Å²) in [5, 5.41) is 0. The average molecular weight is 289 g/mol. The van der Waals surface area contributed by atoms with Gasteiger partial charge in [-0.05, 0) is 36.6 Å². The van der Waals surface area contributed by atoms with Crippen LogP contribution in [0.4, 0.5) is 0 Å². The van der Waals surface area contributed by atoms with Gasteiger partial charge < -0.3 is 4.84 Å². The first-order valence-electron chi connectivity index (χ1n) is 7.16. The van der Waals surface area contributed by atoms with Crippen molar-refractivity contribution in [3.63, 3.8) is 0 Å². The highest BCUT2D eigenvalue weighted by Gasteiger charge is 2.52. The predicted octanol–water partition coefficient (Wildman–Crippen LogP) is 2.93. The largest absolute Gasteiger partial charge is 0.412 e. The van der Waals surface area contributed by atoms with E-state index in [0.29, 0.717) is 17.7 Å². The van der Waals surface area contributed by atoms with Crippen molar-refractivity contribution >= 4 is 11.6 Å². The number of Topliss-reactive ketones (excluding diaryl/α,β-unsaturated/α-hetero) is 2. The van der Waals surface area contributed by atoms with Crippen LogP contribution in [0.1, 0.15) is 51.2 Å². The van der Waals surface area contributed by atoms with Crippen LogP contribution in [0.25, 0.3) is 0 Å². The molecule has 1 aromatic rings. The smallest absolute Gasteiger partial charge is 0.153 e. The second-order valence-corrected chi connectivity index (χ2v) is 7.24. The van der Waals surface area contributed by atoms with Crippen LogP contribution in [-0.4, -0.2) is 11.6 Å². The van der Waals surface area contributed by atoms with Crippen LogP contribution < -0.4 is 10.7 Å². The Bertz CT molecular complexity index is 576. The lowest BCUT2D eigenvalue weighted by molar-refractivity contribution is -0.146. The number of hydrogen-bond donors (Lipinski definition) is 1. The minimum atomic E-state index is -0.737. The molecule has 21 heavy (non-hydrogen) atoms. The summed E-state index contributed by atoms with van der Waals surface area (Å²) in [6.07, 6.45) is 0.570. The lowest BCUT2D eigenvalue weighted by Gasteiger charge is -2.42. The molecular formula is C17H23NO3. The SMILES string of the molecule is Cc1ccc(ON)cc1C1C(=O)C(C)(C)CC(C)(C)C1=O. The average Bonchev–Trinajstić information content (AvgIpc) is 2.38. The molecule has 4 nitrogen and oxygen atoms in total. The summed E-state index contributed by atoms with van der Waals surface area (Å²) in [7, 11) is 0. The molecule has 0 bridgehead atoms. The molecule has 0 spiro atoms. The molecule has 2 rings (SSSR count). The summed E-state index contributed by atoms with van der Waals surface area (Å²) in [5.74, 6) is 4.88. The van der Waals surface area contributed by atoms with E-state index in [9.17, 15) is 9.59 Å². The highest BCUT2D eigenvalue weighted by molar-refractivity contribution is 6.14. The number of benzene rings is 1. The monoisotopic (exact) mass is 289 g/mol. The van der Waals surface area contributed by atoms with Crippen molar-refractivity contribution in [3.8, 4) is 5.75 Å². The molecule has 1 aliphatic rings. The molecule has 0 atom stereocenters. The van der Waals surface area contributed by atoms with E-state index in [1.54, 1.807) is 12.1 Å². The van der Waals surface area contributed by atoms with Gasteiger partial charge in [-0.15, -0.1) is 0 Å². The zero-order valence-electron chi connectivity index (χ0n) is 13.3. The van der Waals surface area contributed by atoms with Crippen molar-refractivity contribution in [2.24, 2.45) is 16.7 Å². The molecule has 114 valence electrons. The standard InChI is InChI=1S/C17H23NO3/c1-10-6-7-11(21-18)8-12(10)13-14(19)16(2,3)9-17(4,5)15(13)20/h6-8,13H,9,18H2,1-5H3. The Balaban J connectivity index is 2.59. The Hall–Kier alpha value is -1.68. The van der Waals surface area contributed by atoms with Crippen LogP contribution in [-0.2, 0) is 9.59 Å². The molecule has 4 heteroatoms. The van der Waals surface area contributed by atoms with E-state index < -0.39 is 16.7 Å². The fourth-order valence-corrected chi connectivity index (χ4v) is 3.46. The third kappa shape index (κ3) is 2.60. The molecule has 0 saturated heterocycles. The van der Waals surface area contributed by atoms with Gasteiger partial charge in [0, 0.05) is 10.8 Å². The Morgan fingerprint density at radius 2 is 1.62 bits per heavy atom. The zero-order valence-corrected chi connectivity index (χ0v) is 13.3. The quantitative estimate of drug-likeness (QED) is 0.671. The molecule has 2 N–H and O–H groups in total. The summed E-state index contributed by atoms with van der Waals surface area (Å²) in [6.45, 7) is 9.54. The van der Waals surface area contributed by atoms with Crippen LogP contribution in [0.2, 0.25) is 0 Å². The minimum absolute atomic E-state index is 0.0240. The second kappa shape index (κ2) is 4.95. The lowest BCUT2D eigenvalue weighted by Crippen LogP contribution is -2.48.